The van der Waals surface area contributed by atoms with E-state index in [1.807, 2.05) is 0 Å². The number of hydrogen-bond acceptors (Lipinski definition) is 5. The molecule has 0 aliphatic heterocycles. The first-order valence-corrected chi connectivity index (χ1v) is 9.28. The van der Waals surface area contributed by atoms with Crippen LogP contribution in [0.1, 0.15) is 11.1 Å². The van der Waals surface area contributed by atoms with Crippen LogP contribution < -0.4 is 14.2 Å². The Morgan fingerprint density at radius 3 is 2.23 bits per heavy atom. The molecule has 140 valence electrons. The number of carbonyl (C=O) groups is 1. The third-order valence-electron chi connectivity index (χ3n) is 3.85. The summed E-state index contributed by atoms with van der Waals surface area (Å²) in [5.41, 5.74) is 1.13. The summed E-state index contributed by atoms with van der Waals surface area (Å²) in [4.78, 5) is 11.5. The van der Waals surface area contributed by atoms with Crippen molar-refractivity contribution in [3.8, 4) is 11.5 Å². The fourth-order valence-corrected chi connectivity index (χ4v) is 3.96. The van der Waals surface area contributed by atoms with E-state index in [0.29, 0.717) is 16.9 Å². The summed E-state index contributed by atoms with van der Waals surface area (Å²) in [7, 11) is -1.24. The number of nitrogens with one attached hydrogen (secondary N) is 1. The lowest BCUT2D eigenvalue weighted by Gasteiger charge is -2.17. The summed E-state index contributed by atoms with van der Waals surface area (Å²) in [5, 5.41) is 9.43. The summed E-state index contributed by atoms with van der Waals surface area (Å²) < 4.78 is 38.1. The number of benzene rings is 2. The van der Waals surface area contributed by atoms with Crippen molar-refractivity contribution in [2.75, 3.05) is 14.2 Å². The Hall–Kier alpha value is -2.58. The second-order valence-corrected chi connectivity index (χ2v) is 7.36. The van der Waals surface area contributed by atoms with Gasteiger partial charge in [0.1, 0.15) is 6.04 Å². The molecule has 0 radical (unpaired) electrons. The molecular weight excluding hydrogens is 358 g/mol. The number of carboxylic acid groups (broad SMARTS) is 1. The molecule has 7 nitrogen and oxygen atoms in total. The Labute approximate surface area is 152 Å². The van der Waals surface area contributed by atoms with Crippen LogP contribution in [0.2, 0.25) is 0 Å². The van der Waals surface area contributed by atoms with E-state index in [2.05, 4.69) is 4.72 Å². The van der Waals surface area contributed by atoms with E-state index in [4.69, 9.17) is 9.47 Å². The maximum Gasteiger partial charge on any atom is 0.322 e. The van der Waals surface area contributed by atoms with Crippen LogP contribution in [0.5, 0.6) is 11.5 Å². The summed E-state index contributed by atoms with van der Waals surface area (Å²) in [6.45, 7) is 1.60. The van der Waals surface area contributed by atoms with Gasteiger partial charge in [-0.25, -0.2) is 8.42 Å². The normalized spacial score (nSPS) is 12.4. The van der Waals surface area contributed by atoms with Gasteiger partial charge in [0.2, 0.25) is 10.0 Å². The molecule has 2 rings (SSSR count). The van der Waals surface area contributed by atoms with Gasteiger partial charge in [0.15, 0.2) is 11.5 Å². The van der Waals surface area contributed by atoms with Crippen molar-refractivity contribution in [1.29, 1.82) is 0 Å². The van der Waals surface area contributed by atoms with Crippen molar-refractivity contribution < 1.29 is 27.8 Å². The van der Waals surface area contributed by atoms with Crippen LogP contribution in [0.4, 0.5) is 0 Å². The smallest absolute Gasteiger partial charge is 0.322 e. The van der Waals surface area contributed by atoms with Gasteiger partial charge < -0.3 is 14.6 Å². The van der Waals surface area contributed by atoms with Crippen molar-refractivity contribution in [1.82, 2.24) is 4.72 Å². The molecule has 2 aromatic rings. The summed E-state index contributed by atoms with van der Waals surface area (Å²) in [6, 6.07) is 10.4. The molecule has 0 amide bonds. The highest BCUT2D eigenvalue weighted by Gasteiger charge is 2.28. The number of rotatable bonds is 8. The fourth-order valence-electron chi connectivity index (χ4n) is 2.53. The number of methoxy groups -OCH3 is 2. The molecule has 0 heterocycles. The molecule has 0 bridgehead atoms. The number of sulfonamides is 1. The topological polar surface area (TPSA) is 102 Å². The minimum Gasteiger partial charge on any atom is -0.493 e. The average Bonchev–Trinajstić information content (AvgIpc) is 2.61. The van der Waals surface area contributed by atoms with Crippen molar-refractivity contribution >= 4 is 16.0 Å². The Morgan fingerprint density at radius 1 is 1.12 bits per heavy atom. The van der Waals surface area contributed by atoms with Gasteiger partial charge in [-0.3, -0.25) is 4.79 Å². The van der Waals surface area contributed by atoms with E-state index in [-0.39, 0.29) is 17.1 Å². The number of ether oxygens (including phenoxy) is 2. The molecule has 2 N–H and O–H groups in total. The molecule has 1 atom stereocenters. The Morgan fingerprint density at radius 2 is 1.69 bits per heavy atom. The molecule has 2 aromatic carbocycles. The van der Waals surface area contributed by atoms with Gasteiger partial charge in [0.25, 0.3) is 0 Å². The zero-order chi connectivity index (χ0) is 19.3. The van der Waals surface area contributed by atoms with Crippen molar-refractivity contribution in [3.05, 3.63) is 53.6 Å². The standard InChI is InChI=1S/C18H21NO6S/c1-12-9-15(24-2)16(25-3)11-17(12)26(22,23)19-14(18(20)21)10-13-7-5-4-6-8-13/h4-9,11,14,19H,10H2,1-3H3,(H,20,21)/t14-/m1/s1. The zero-order valence-corrected chi connectivity index (χ0v) is 15.5. The Kier molecular flexibility index (Phi) is 6.23. The summed E-state index contributed by atoms with van der Waals surface area (Å²) in [5.74, 6) is -0.619. The van der Waals surface area contributed by atoms with Gasteiger partial charge in [0, 0.05) is 6.07 Å². The van der Waals surface area contributed by atoms with Crippen LogP contribution in [-0.2, 0) is 21.2 Å². The van der Waals surface area contributed by atoms with Gasteiger partial charge >= 0.3 is 5.97 Å². The zero-order valence-electron chi connectivity index (χ0n) is 14.7. The van der Waals surface area contributed by atoms with Crippen molar-refractivity contribution in [3.63, 3.8) is 0 Å². The van der Waals surface area contributed by atoms with E-state index in [9.17, 15) is 18.3 Å². The molecule has 0 aromatic heterocycles. The van der Waals surface area contributed by atoms with E-state index in [1.165, 1.54) is 26.4 Å². The van der Waals surface area contributed by atoms with Crippen molar-refractivity contribution in [2.24, 2.45) is 0 Å². The minimum atomic E-state index is -4.08. The Balaban J connectivity index is 2.35. The summed E-state index contributed by atoms with van der Waals surface area (Å²) >= 11 is 0. The second kappa shape index (κ2) is 8.20. The second-order valence-electron chi connectivity index (χ2n) is 5.67. The van der Waals surface area contributed by atoms with E-state index >= 15 is 0 Å². The quantitative estimate of drug-likeness (QED) is 0.727. The molecule has 0 fully saturated rings. The molecule has 0 spiro atoms. The molecule has 0 saturated carbocycles. The molecule has 0 unspecified atom stereocenters. The van der Waals surface area contributed by atoms with Gasteiger partial charge in [0.05, 0.1) is 19.1 Å². The fraction of sp³-hybridized carbons (Fsp3) is 0.278. The summed E-state index contributed by atoms with van der Waals surface area (Å²) in [6.07, 6.45) is 0.0295. The van der Waals surface area contributed by atoms with E-state index in [0.717, 1.165) is 0 Å². The highest BCUT2D eigenvalue weighted by Crippen LogP contribution is 2.32. The molecule has 0 aliphatic carbocycles. The first kappa shape index (κ1) is 19.7. The van der Waals surface area contributed by atoms with Crippen LogP contribution in [0.25, 0.3) is 0 Å². The number of hydrogen-bond donors (Lipinski definition) is 2. The SMILES string of the molecule is COc1cc(C)c(S(=O)(=O)N[C@H](Cc2ccccc2)C(=O)O)cc1OC. The number of aliphatic carboxylic acids is 1. The Bertz CT molecular complexity index is 880. The predicted octanol–water partition coefficient (Wildman–Crippen LogP) is 1.99. The van der Waals surface area contributed by atoms with Crippen molar-refractivity contribution in [2.45, 2.75) is 24.3 Å². The maximum absolute atomic E-state index is 12.8. The van der Waals surface area contributed by atoms with Crippen LogP contribution in [0, 0.1) is 6.92 Å². The maximum atomic E-state index is 12.8. The predicted molar refractivity (Wildman–Crippen MR) is 96.2 cm³/mol. The minimum absolute atomic E-state index is 0.0295. The highest BCUT2D eigenvalue weighted by molar-refractivity contribution is 7.89. The average molecular weight is 379 g/mol. The third kappa shape index (κ3) is 4.53. The third-order valence-corrected chi connectivity index (χ3v) is 5.46. The van der Waals surface area contributed by atoms with Gasteiger partial charge in [-0.1, -0.05) is 30.3 Å². The molecule has 0 aliphatic rings. The lowest BCUT2D eigenvalue weighted by molar-refractivity contribution is -0.138. The highest BCUT2D eigenvalue weighted by atomic mass is 32.2. The van der Waals surface area contributed by atoms with E-state index in [1.54, 1.807) is 37.3 Å². The first-order valence-electron chi connectivity index (χ1n) is 7.80. The first-order chi connectivity index (χ1) is 12.3. The van der Waals surface area contributed by atoms with Gasteiger partial charge in [-0.15, -0.1) is 0 Å². The molecular formula is C18H21NO6S. The molecule has 26 heavy (non-hydrogen) atoms. The van der Waals surface area contributed by atoms with Crippen LogP contribution in [-0.4, -0.2) is 39.8 Å². The van der Waals surface area contributed by atoms with Crippen LogP contribution >= 0.6 is 0 Å². The monoisotopic (exact) mass is 379 g/mol. The number of carboxylic acids is 1. The van der Waals surface area contributed by atoms with Gasteiger partial charge in [-0.2, -0.15) is 4.72 Å². The molecule has 8 heteroatoms. The van der Waals surface area contributed by atoms with Gasteiger partial charge in [-0.05, 0) is 30.5 Å². The largest absolute Gasteiger partial charge is 0.493 e. The van der Waals surface area contributed by atoms with E-state index < -0.39 is 22.0 Å². The van der Waals surface area contributed by atoms with Crippen LogP contribution in [0.3, 0.4) is 0 Å². The number of aryl methyl sites for hydroxylation is 1. The lowest BCUT2D eigenvalue weighted by atomic mass is 10.1. The van der Waals surface area contributed by atoms with Crippen LogP contribution in [0.15, 0.2) is 47.4 Å². The lowest BCUT2D eigenvalue weighted by Crippen LogP contribution is -2.42. The molecule has 0 saturated heterocycles.